The van der Waals surface area contributed by atoms with Gasteiger partial charge in [0.05, 0.1) is 13.0 Å². The molecule has 0 spiro atoms. The molecule has 1 fully saturated rings. The van der Waals surface area contributed by atoms with Crippen LogP contribution in [0.4, 0.5) is 4.79 Å². The molecule has 2 aliphatic rings. The van der Waals surface area contributed by atoms with Gasteiger partial charge in [-0.05, 0) is 27.7 Å². The maximum absolute atomic E-state index is 11.9. The summed E-state index contributed by atoms with van der Waals surface area (Å²) in [5, 5.41) is 2.74. The molecule has 2 atom stereocenters. The van der Waals surface area contributed by atoms with Crippen molar-refractivity contribution in [2.24, 2.45) is 5.92 Å². The van der Waals surface area contributed by atoms with Crippen LogP contribution >= 0.6 is 0 Å². The maximum atomic E-state index is 11.9. The highest BCUT2D eigenvalue weighted by Gasteiger charge is 2.35. The van der Waals surface area contributed by atoms with Crippen LogP contribution < -0.4 is 16.2 Å². The van der Waals surface area contributed by atoms with Gasteiger partial charge in [-0.1, -0.05) is 12.2 Å². The average Bonchev–Trinajstić information content (AvgIpc) is 2.86. The molecular formula is C15H24N4O4. The highest BCUT2D eigenvalue weighted by Crippen LogP contribution is 2.25. The van der Waals surface area contributed by atoms with Crippen LogP contribution in [0.25, 0.3) is 0 Å². The molecule has 2 heterocycles. The van der Waals surface area contributed by atoms with Crippen molar-refractivity contribution >= 4 is 12.1 Å². The highest BCUT2D eigenvalue weighted by molar-refractivity contribution is 5.76. The van der Waals surface area contributed by atoms with E-state index in [1.807, 2.05) is 17.1 Å². The van der Waals surface area contributed by atoms with E-state index < -0.39 is 23.9 Å². The first kappa shape index (κ1) is 17.1. The highest BCUT2D eigenvalue weighted by atomic mass is 16.6. The Morgan fingerprint density at radius 2 is 2.13 bits per heavy atom. The molecule has 8 nitrogen and oxygen atoms in total. The van der Waals surface area contributed by atoms with E-state index in [1.165, 1.54) is 7.11 Å². The number of carbonyl (C=O) groups excluding carboxylic acids is 2. The van der Waals surface area contributed by atoms with Crippen molar-refractivity contribution in [1.29, 1.82) is 0 Å². The second-order valence-electron chi connectivity index (χ2n) is 6.42. The summed E-state index contributed by atoms with van der Waals surface area (Å²) >= 11 is 0. The summed E-state index contributed by atoms with van der Waals surface area (Å²) in [6.45, 7) is 7.78. The number of esters is 1. The van der Waals surface area contributed by atoms with Gasteiger partial charge in [0, 0.05) is 12.1 Å². The normalized spacial score (nSPS) is 21.4. The van der Waals surface area contributed by atoms with E-state index in [9.17, 15) is 9.59 Å². The molecule has 128 valence electrons. The number of rotatable bonds is 3. The molecule has 0 radical (unpaired) electrons. The lowest BCUT2D eigenvalue weighted by Gasteiger charge is -2.29. The molecule has 0 aliphatic carbocycles. The van der Waals surface area contributed by atoms with Gasteiger partial charge >= 0.3 is 12.1 Å². The van der Waals surface area contributed by atoms with Crippen molar-refractivity contribution in [1.82, 2.24) is 21.1 Å². The van der Waals surface area contributed by atoms with Crippen LogP contribution in [-0.2, 0) is 14.3 Å². The number of carbonyl (C=O) groups is 2. The topological polar surface area (TPSA) is 91.9 Å². The first-order chi connectivity index (χ1) is 10.7. The number of hydrazine groups is 1. The Bertz CT molecular complexity index is 550. The zero-order chi connectivity index (χ0) is 17.2. The Hall–Kier alpha value is -2.22. The lowest BCUT2D eigenvalue weighted by atomic mass is 9.98. The fraction of sp³-hybridized carbons (Fsp3) is 0.600. The molecule has 1 saturated heterocycles. The zero-order valence-corrected chi connectivity index (χ0v) is 14.1. The molecule has 2 rings (SSSR count). The number of fused-ring (bicyclic) bond motifs is 1. The molecule has 0 saturated carbocycles. The largest absolute Gasteiger partial charge is 0.469 e. The fourth-order valence-corrected chi connectivity index (χ4v) is 2.41. The quantitative estimate of drug-likeness (QED) is 0.661. The van der Waals surface area contributed by atoms with Crippen molar-refractivity contribution in [2.45, 2.75) is 39.6 Å². The Labute approximate surface area is 135 Å². The molecule has 3 N–H and O–H groups in total. The van der Waals surface area contributed by atoms with E-state index in [-0.39, 0.29) is 5.97 Å². The predicted octanol–water partition coefficient (Wildman–Crippen LogP) is 0.795. The number of nitrogens with zero attached hydrogens (tertiary/aromatic N) is 1. The summed E-state index contributed by atoms with van der Waals surface area (Å²) in [6.07, 6.45) is 2.83. The summed E-state index contributed by atoms with van der Waals surface area (Å²) in [4.78, 5) is 25.6. The minimum atomic E-state index is -0.568. The third-order valence-corrected chi connectivity index (χ3v) is 3.47. The van der Waals surface area contributed by atoms with Gasteiger partial charge in [-0.3, -0.25) is 10.1 Å². The maximum Gasteiger partial charge on any atom is 0.410 e. The minimum absolute atomic E-state index is 0.315. The first-order valence-corrected chi connectivity index (χ1v) is 7.49. The van der Waals surface area contributed by atoms with E-state index >= 15 is 0 Å². The Balaban J connectivity index is 2.10. The van der Waals surface area contributed by atoms with Gasteiger partial charge in [0.15, 0.2) is 6.29 Å². The number of ether oxygens (including phenoxy) is 2. The fourth-order valence-electron chi connectivity index (χ4n) is 2.41. The van der Waals surface area contributed by atoms with Gasteiger partial charge < -0.3 is 19.8 Å². The Morgan fingerprint density at radius 1 is 1.43 bits per heavy atom. The standard InChI is InChI=1S/C15H24N4O4/c1-9(12(20)22-5)10-7-6-8-19-11(10)17-18-13(19)16-14(21)23-15(2,3)4/h6-7,9,13,17-18H,8H2,1-5H3,(H,16,21). The van der Waals surface area contributed by atoms with Crippen molar-refractivity contribution in [3.8, 4) is 0 Å². The van der Waals surface area contributed by atoms with Gasteiger partial charge in [-0.2, -0.15) is 5.43 Å². The lowest BCUT2D eigenvalue weighted by molar-refractivity contribution is -0.143. The number of hydrogen-bond acceptors (Lipinski definition) is 7. The van der Waals surface area contributed by atoms with E-state index in [0.717, 1.165) is 11.4 Å². The SMILES string of the molecule is COC(=O)C(C)C1=C2NNC(NC(=O)OC(C)(C)C)N2CC=C1. The zero-order valence-electron chi connectivity index (χ0n) is 14.1. The van der Waals surface area contributed by atoms with Gasteiger partial charge in [0.25, 0.3) is 0 Å². The summed E-state index contributed by atoms with van der Waals surface area (Å²) in [5.74, 6) is 0.0134. The third kappa shape index (κ3) is 3.95. The van der Waals surface area contributed by atoms with Gasteiger partial charge in [-0.25, -0.2) is 4.79 Å². The molecule has 0 aromatic carbocycles. The van der Waals surface area contributed by atoms with Crippen LogP contribution in [0.3, 0.4) is 0 Å². The molecule has 0 bridgehead atoms. The third-order valence-electron chi connectivity index (χ3n) is 3.47. The van der Waals surface area contributed by atoms with Crippen molar-refractivity contribution in [3.63, 3.8) is 0 Å². The van der Waals surface area contributed by atoms with Gasteiger partial charge in [0.1, 0.15) is 11.4 Å². The van der Waals surface area contributed by atoms with Crippen molar-refractivity contribution < 1.29 is 19.1 Å². The summed E-state index contributed by atoms with van der Waals surface area (Å²) in [7, 11) is 1.36. The van der Waals surface area contributed by atoms with Crippen molar-refractivity contribution in [3.05, 3.63) is 23.5 Å². The van der Waals surface area contributed by atoms with Crippen LogP contribution in [0, 0.1) is 5.92 Å². The number of nitrogens with one attached hydrogen (secondary N) is 3. The summed E-state index contributed by atoms with van der Waals surface area (Å²) in [6, 6.07) is 0. The second kappa shape index (κ2) is 6.49. The molecule has 0 aromatic heterocycles. The Morgan fingerprint density at radius 3 is 2.74 bits per heavy atom. The lowest BCUT2D eigenvalue weighted by Crippen LogP contribution is -2.52. The van der Waals surface area contributed by atoms with E-state index in [0.29, 0.717) is 6.54 Å². The Kier molecular flexibility index (Phi) is 4.84. The van der Waals surface area contributed by atoms with E-state index in [2.05, 4.69) is 16.2 Å². The van der Waals surface area contributed by atoms with Crippen LogP contribution in [0.2, 0.25) is 0 Å². The number of methoxy groups -OCH3 is 1. The predicted molar refractivity (Wildman–Crippen MR) is 83.5 cm³/mol. The number of amides is 1. The van der Waals surface area contributed by atoms with Crippen LogP contribution in [-0.4, -0.2) is 42.5 Å². The monoisotopic (exact) mass is 324 g/mol. The smallest absolute Gasteiger partial charge is 0.410 e. The summed E-state index contributed by atoms with van der Waals surface area (Å²) < 4.78 is 10.1. The molecular weight excluding hydrogens is 300 g/mol. The first-order valence-electron chi connectivity index (χ1n) is 7.49. The molecule has 1 amide bonds. The molecule has 0 aromatic rings. The molecule has 23 heavy (non-hydrogen) atoms. The van der Waals surface area contributed by atoms with Crippen LogP contribution in [0.15, 0.2) is 23.5 Å². The van der Waals surface area contributed by atoms with Crippen LogP contribution in [0.1, 0.15) is 27.7 Å². The second-order valence-corrected chi connectivity index (χ2v) is 6.42. The van der Waals surface area contributed by atoms with E-state index in [1.54, 1.807) is 27.7 Å². The number of alkyl carbamates (subject to hydrolysis) is 1. The molecule has 2 unspecified atom stereocenters. The minimum Gasteiger partial charge on any atom is -0.469 e. The number of hydrogen-bond donors (Lipinski definition) is 3. The molecule has 8 heteroatoms. The number of allylic oxidation sites excluding steroid dienone is 1. The van der Waals surface area contributed by atoms with Crippen molar-refractivity contribution in [2.75, 3.05) is 13.7 Å². The van der Waals surface area contributed by atoms with Gasteiger partial charge in [0.2, 0.25) is 0 Å². The summed E-state index contributed by atoms with van der Waals surface area (Å²) in [5.41, 5.74) is 6.21. The molecule has 2 aliphatic heterocycles. The van der Waals surface area contributed by atoms with E-state index in [4.69, 9.17) is 9.47 Å². The van der Waals surface area contributed by atoms with Crippen LogP contribution in [0.5, 0.6) is 0 Å². The average molecular weight is 324 g/mol. The van der Waals surface area contributed by atoms with Gasteiger partial charge in [-0.15, -0.1) is 0 Å².